The zero-order valence-electron chi connectivity index (χ0n) is 22.5. The Morgan fingerprint density at radius 1 is 1.26 bits per heavy atom. The van der Waals surface area contributed by atoms with Crippen LogP contribution in [0.2, 0.25) is 0 Å². The molecule has 10 heteroatoms. The number of esters is 3. The van der Waals surface area contributed by atoms with Crippen molar-refractivity contribution in [1.82, 2.24) is 9.55 Å². The Balaban J connectivity index is 1.75. The van der Waals surface area contributed by atoms with Gasteiger partial charge in [0.25, 0.3) is 0 Å². The molecule has 0 bridgehead atoms. The summed E-state index contributed by atoms with van der Waals surface area (Å²) in [5.74, 6) is -1.17. The van der Waals surface area contributed by atoms with Gasteiger partial charge in [-0.1, -0.05) is 26.0 Å². The Morgan fingerprint density at radius 3 is 2.61 bits per heavy atom. The maximum absolute atomic E-state index is 12.9. The second-order valence-electron chi connectivity index (χ2n) is 11.3. The van der Waals surface area contributed by atoms with Crippen LogP contribution in [0.5, 0.6) is 0 Å². The molecule has 0 saturated heterocycles. The molecule has 2 saturated carbocycles. The lowest BCUT2D eigenvalue weighted by Crippen LogP contribution is -2.59. The summed E-state index contributed by atoms with van der Waals surface area (Å²) in [5, 5.41) is 0. The molecule has 2 fully saturated rings. The Kier molecular flexibility index (Phi) is 7.54. The van der Waals surface area contributed by atoms with E-state index < -0.39 is 29.2 Å². The van der Waals surface area contributed by atoms with Gasteiger partial charge in [0.15, 0.2) is 0 Å². The number of carbonyl (C=O) groups excluding carboxylic acids is 3. The first-order valence-electron chi connectivity index (χ1n) is 13.1. The minimum absolute atomic E-state index is 0.0226. The third-order valence-corrected chi connectivity index (χ3v) is 8.97. The number of nitrogens with two attached hydrogens (primary N) is 1. The minimum Gasteiger partial charge on any atom is -0.465 e. The summed E-state index contributed by atoms with van der Waals surface area (Å²) in [6, 6.07) is 0.921. The molecule has 2 heterocycles. The standard InChI is InChI=1S/C28H37N3O7/c1-16-6-7-22-27(4,11-8-23(38-18(3)33)28(22,5)15-37-17(2)32)20(16)14-21(19-10-13-36-25(19)34)31-12-9-24(29)30-26(31)35/h9-10,12,20-23H,1,6-8,11,13-15H2,2-5H3,(H2,29,30,35)/t20-,21?,22?,23-,27+,28-/m1/s1. The number of ether oxygens (including phenoxy) is 3. The van der Waals surface area contributed by atoms with Crippen LogP contribution in [-0.4, -0.2) is 46.8 Å². The normalized spacial score (nSPS) is 31.6. The quantitative estimate of drug-likeness (QED) is 0.322. The van der Waals surface area contributed by atoms with E-state index in [4.69, 9.17) is 19.9 Å². The molecule has 0 amide bonds. The summed E-state index contributed by atoms with van der Waals surface area (Å²) in [6.07, 6.45) is 6.14. The molecule has 6 atom stereocenters. The van der Waals surface area contributed by atoms with E-state index >= 15 is 0 Å². The van der Waals surface area contributed by atoms with Crippen molar-refractivity contribution in [2.24, 2.45) is 22.7 Å². The van der Waals surface area contributed by atoms with Gasteiger partial charge in [-0.25, -0.2) is 9.59 Å². The Bertz CT molecular complexity index is 1240. The molecule has 1 aliphatic heterocycles. The lowest BCUT2D eigenvalue weighted by Gasteiger charge is -2.60. The van der Waals surface area contributed by atoms with E-state index in [1.165, 1.54) is 24.5 Å². The molecule has 1 aromatic rings. The number of fused-ring (bicyclic) bond motifs is 1. The number of nitrogen functional groups attached to an aromatic ring is 1. The highest BCUT2D eigenvalue weighted by atomic mass is 16.6. The van der Waals surface area contributed by atoms with Crippen LogP contribution >= 0.6 is 0 Å². The largest absolute Gasteiger partial charge is 0.465 e. The van der Waals surface area contributed by atoms with E-state index in [-0.39, 0.29) is 48.2 Å². The first kappa shape index (κ1) is 27.6. The fourth-order valence-electron chi connectivity index (χ4n) is 7.17. The Hall–Kier alpha value is -3.43. The second kappa shape index (κ2) is 10.4. The van der Waals surface area contributed by atoms with Crippen molar-refractivity contribution in [1.29, 1.82) is 0 Å². The van der Waals surface area contributed by atoms with Crippen molar-refractivity contribution in [3.05, 3.63) is 46.5 Å². The average Bonchev–Trinajstić information content (AvgIpc) is 3.25. The number of aromatic nitrogens is 2. The van der Waals surface area contributed by atoms with Gasteiger partial charge in [0, 0.05) is 25.5 Å². The van der Waals surface area contributed by atoms with E-state index in [1.54, 1.807) is 12.3 Å². The highest BCUT2D eigenvalue weighted by molar-refractivity contribution is 5.91. The van der Waals surface area contributed by atoms with E-state index in [0.717, 1.165) is 24.8 Å². The lowest BCUT2D eigenvalue weighted by molar-refractivity contribution is -0.192. The summed E-state index contributed by atoms with van der Waals surface area (Å²) in [7, 11) is 0. The molecule has 206 valence electrons. The summed E-state index contributed by atoms with van der Waals surface area (Å²) in [5.41, 5.74) is 5.69. The topological polar surface area (TPSA) is 140 Å². The molecular formula is C28H37N3O7. The SMILES string of the molecule is C=C1CCC2[C@@](C)(CC[C@@H](OC(C)=O)[C@]2(C)COC(C)=O)[C@@H]1CC(C1=CCOC1=O)n1ccc(N)nc1=O. The Labute approximate surface area is 222 Å². The molecule has 2 aliphatic carbocycles. The zero-order chi connectivity index (χ0) is 27.8. The number of rotatable bonds is 7. The molecule has 2 unspecified atom stereocenters. The molecule has 0 radical (unpaired) electrons. The van der Waals surface area contributed by atoms with Gasteiger partial charge in [-0.2, -0.15) is 4.98 Å². The number of cyclic esters (lactones) is 1. The first-order valence-corrected chi connectivity index (χ1v) is 13.1. The molecular weight excluding hydrogens is 490 g/mol. The summed E-state index contributed by atoms with van der Waals surface area (Å²) in [6.45, 7) is 11.7. The molecule has 1 aromatic heterocycles. The van der Waals surface area contributed by atoms with Crippen molar-refractivity contribution in [2.75, 3.05) is 18.9 Å². The summed E-state index contributed by atoms with van der Waals surface area (Å²) >= 11 is 0. The molecule has 2 N–H and O–H groups in total. The van der Waals surface area contributed by atoms with Gasteiger partial charge in [-0.3, -0.25) is 14.2 Å². The van der Waals surface area contributed by atoms with Crippen molar-refractivity contribution >= 4 is 23.7 Å². The second-order valence-corrected chi connectivity index (χ2v) is 11.3. The summed E-state index contributed by atoms with van der Waals surface area (Å²) < 4.78 is 18.0. The van der Waals surface area contributed by atoms with Crippen LogP contribution in [0.3, 0.4) is 0 Å². The predicted octanol–water partition coefficient (Wildman–Crippen LogP) is 3.12. The van der Waals surface area contributed by atoms with Gasteiger partial charge >= 0.3 is 23.6 Å². The van der Waals surface area contributed by atoms with Crippen LogP contribution in [0, 0.1) is 22.7 Å². The molecule has 0 spiro atoms. The van der Waals surface area contributed by atoms with Crippen molar-refractivity contribution < 1.29 is 28.6 Å². The predicted molar refractivity (Wildman–Crippen MR) is 139 cm³/mol. The van der Waals surface area contributed by atoms with Gasteiger partial charge in [0.1, 0.15) is 25.1 Å². The third kappa shape index (κ3) is 5.00. The Morgan fingerprint density at radius 2 is 2.00 bits per heavy atom. The van der Waals surface area contributed by atoms with E-state index in [1.807, 2.05) is 6.92 Å². The zero-order valence-corrected chi connectivity index (χ0v) is 22.5. The molecule has 38 heavy (non-hydrogen) atoms. The monoisotopic (exact) mass is 527 g/mol. The average molecular weight is 528 g/mol. The van der Waals surface area contributed by atoms with E-state index in [2.05, 4.69) is 18.5 Å². The number of carbonyl (C=O) groups is 3. The highest BCUT2D eigenvalue weighted by Crippen LogP contribution is 2.63. The lowest BCUT2D eigenvalue weighted by atomic mass is 9.46. The maximum atomic E-state index is 12.9. The van der Waals surface area contributed by atoms with Crippen LogP contribution in [-0.2, 0) is 28.6 Å². The molecule has 10 nitrogen and oxygen atoms in total. The van der Waals surface area contributed by atoms with Crippen LogP contribution in [0.4, 0.5) is 5.82 Å². The van der Waals surface area contributed by atoms with Gasteiger partial charge in [-0.05, 0) is 61.5 Å². The first-order chi connectivity index (χ1) is 17.9. The van der Waals surface area contributed by atoms with Crippen molar-refractivity contribution in [2.45, 2.75) is 71.9 Å². The number of nitrogens with zero attached hydrogens (tertiary/aromatic N) is 2. The minimum atomic E-state index is -0.621. The fourth-order valence-corrected chi connectivity index (χ4v) is 7.17. The van der Waals surface area contributed by atoms with E-state index in [0.29, 0.717) is 18.4 Å². The highest BCUT2D eigenvalue weighted by Gasteiger charge is 2.60. The van der Waals surface area contributed by atoms with Crippen LogP contribution in [0.1, 0.15) is 65.8 Å². The number of anilines is 1. The van der Waals surface area contributed by atoms with Crippen LogP contribution in [0.25, 0.3) is 0 Å². The van der Waals surface area contributed by atoms with Gasteiger partial charge < -0.3 is 19.9 Å². The number of hydrogen-bond acceptors (Lipinski definition) is 9. The van der Waals surface area contributed by atoms with E-state index in [9.17, 15) is 19.2 Å². The number of hydrogen-bond donors (Lipinski definition) is 1. The smallest absolute Gasteiger partial charge is 0.350 e. The van der Waals surface area contributed by atoms with Crippen molar-refractivity contribution in [3.8, 4) is 0 Å². The third-order valence-electron chi connectivity index (χ3n) is 8.97. The maximum Gasteiger partial charge on any atom is 0.350 e. The van der Waals surface area contributed by atoms with Gasteiger partial charge in [0.05, 0.1) is 11.6 Å². The summed E-state index contributed by atoms with van der Waals surface area (Å²) in [4.78, 5) is 53.3. The van der Waals surface area contributed by atoms with Crippen LogP contribution < -0.4 is 11.4 Å². The molecule has 0 aromatic carbocycles. The van der Waals surface area contributed by atoms with Crippen LogP contribution in [0.15, 0.2) is 40.9 Å². The van der Waals surface area contributed by atoms with Gasteiger partial charge in [-0.15, -0.1) is 0 Å². The molecule has 3 aliphatic rings. The fraction of sp³-hybridized carbons (Fsp3) is 0.607. The van der Waals surface area contributed by atoms with Gasteiger partial charge in [0.2, 0.25) is 0 Å². The number of allylic oxidation sites excluding steroid dienone is 1. The van der Waals surface area contributed by atoms with Crippen molar-refractivity contribution in [3.63, 3.8) is 0 Å². The molecule has 4 rings (SSSR count).